The van der Waals surface area contributed by atoms with E-state index in [4.69, 9.17) is 9.26 Å². The topological polar surface area (TPSA) is 65.2 Å². The molecule has 0 saturated heterocycles. The van der Waals surface area contributed by atoms with Gasteiger partial charge in [-0.1, -0.05) is 17.3 Å². The predicted octanol–water partition coefficient (Wildman–Crippen LogP) is 2.66. The Kier molecular flexibility index (Phi) is 4.66. The normalized spacial score (nSPS) is 10.4. The average Bonchev–Trinajstić information content (AvgIpc) is 2.92. The molecule has 0 radical (unpaired) electrons. The van der Waals surface area contributed by atoms with Crippen molar-refractivity contribution < 1.29 is 14.1 Å². The number of aryl methyl sites for hydroxylation is 1. The van der Waals surface area contributed by atoms with Crippen molar-refractivity contribution in [1.82, 2.24) is 10.1 Å². The second kappa shape index (κ2) is 6.68. The first-order chi connectivity index (χ1) is 9.35. The maximum absolute atomic E-state index is 10.2. The lowest BCUT2D eigenvalue weighted by Gasteiger charge is -2.02. The molecule has 0 saturated carbocycles. The van der Waals surface area contributed by atoms with Crippen molar-refractivity contribution >= 4 is 6.29 Å². The number of hydrogen-bond acceptors (Lipinski definition) is 5. The van der Waals surface area contributed by atoms with Crippen LogP contribution in [0.2, 0.25) is 0 Å². The fourth-order valence-electron chi connectivity index (χ4n) is 1.80. The lowest BCUT2D eigenvalue weighted by molar-refractivity contribution is -0.107. The van der Waals surface area contributed by atoms with Crippen molar-refractivity contribution in [3.63, 3.8) is 0 Å². The van der Waals surface area contributed by atoms with Crippen molar-refractivity contribution in [2.24, 2.45) is 0 Å². The van der Waals surface area contributed by atoms with Gasteiger partial charge >= 0.3 is 0 Å². The predicted molar refractivity (Wildman–Crippen MR) is 69.9 cm³/mol. The minimum atomic E-state index is 0.530. The van der Waals surface area contributed by atoms with Gasteiger partial charge in [-0.15, -0.1) is 0 Å². The van der Waals surface area contributed by atoms with Crippen molar-refractivity contribution in [3.05, 3.63) is 30.2 Å². The van der Waals surface area contributed by atoms with Gasteiger partial charge in [-0.05, 0) is 25.0 Å². The molecule has 19 heavy (non-hydrogen) atoms. The Hall–Kier alpha value is -2.17. The zero-order valence-electron chi connectivity index (χ0n) is 10.8. The van der Waals surface area contributed by atoms with Crippen LogP contribution in [0.4, 0.5) is 0 Å². The fourth-order valence-corrected chi connectivity index (χ4v) is 1.80. The minimum absolute atomic E-state index is 0.530. The molecule has 0 aliphatic heterocycles. The molecule has 0 unspecified atom stereocenters. The van der Waals surface area contributed by atoms with E-state index in [1.165, 1.54) is 0 Å². The molecule has 1 aromatic heterocycles. The van der Waals surface area contributed by atoms with Crippen molar-refractivity contribution in [2.75, 3.05) is 7.11 Å². The van der Waals surface area contributed by atoms with E-state index >= 15 is 0 Å². The summed E-state index contributed by atoms with van der Waals surface area (Å²) in [4.78, 5) is 14.6. The number of hydrogen-bond donors (Lipinski definition) is 0. The number of benzene rings is 1. The minimum Gasteiger partial charge on any atom is -0.496 e. The maximum atomic E-state index is 10.2. The van der Waals surface area contributed by atoms with Crippen LogP contribution in [0.15, 0.2) is 28.8 Å². The Bertz CT molecular complexity index is 537. The van der Waals surface area contributed by atoms with Gasteiger partial charge in [-0.25, -0.2) is 0 Å². The van der Waals surface area contributed by atoms with Crippen molar-refractivity contribution in [3.8, 4) is 17.1 Å². The highest BCUT2D eigenvalue weighted by Crippen LogP contribution is 2.27. The molecule has 1 heterocycles. The average molecular weight is 260 g/mol. The molecule has 100 valence electrons. The largest absolute Gasteiger partial charge is 0.496 e. The molecule has 0 atom stereocenters. The van der Waals surface area contributed by atoms with Gasteiger partial charge in [0.05, 0.1) is 12.7 Å². The third-order valence-corrected chi connectivity index (χ3v) is 2.78. The van der Waals surface area contributed by atoms with Crippen LogP contribution in [-0.4, -0.2) is 23.5 Å². The maximum Gasteiger partial charge on any atom is 0.226 e. The van der Waals surface area contributed by atoms with Crippen LogP contribution in [0.25, 0.3) is 11.4 Å². The van der Waals surface area contributed by atoms with Crippen LogP contribution < -0.4 is 4.74 Å². The molecule has 0 fully saturated rings. The standard InChI is InChI=1S/C14H16N2O3/c1-18-12-8-5-4-7-11(12)14-15-13(19-16-14)9-3-2-6-10-17/h4-5,7-8,10H,2-3,6,9H2,1H3. The van der Waals surface area contributed by atoms with E-state index in [1.807, 2.05) is 24.3 Å². The van der Waals surface area contributed by atoms with E-state index in [2.05, 4.69) is 10.1 Å². The molecule has 5 nitrogen and oxygen atoms in total. The summed E-state index contributed by atoms with van der Waals surface area (Å²) < 4.78 is 10.5. The van der Waals surface area contributed by atoms with Crippen LogP contribution >= 0.6 is 0 Å². The van der Waals surface area contributed by atoms with Crippen LogP contribution in [0.1, 0.15) is 25.2 Å². The molecule has 5 heteroatoms. The summed E-state index contributed by atoms with van der Waals surface area (Å²) in [6.07, 6.45) is 3.90. The van der Waals surface area contributed by atoms with E-state index in [9.17, 15) is 4.79 Å². The monoisotopic (exact) mass is 260 g/mol. The molecule has 0 spiro atoms. The number of carbonyl (C=O) groups excluding carboxylic acids is 1. The molecular weight excluding hydrogens is 244 g/mol. The molecule has 0 N–H and O–H groups in total. The summed E-state index contributed by atoms with van der Waals surface area (Å²) in [6, 6.07) is 7.54. The first-order valence-electron chi connectivity index (χ1n) is 6.24. The van der Waals surface area contributed by atoms with Gasteiger partial charge in [0.2, 0.25) is 11.7 Å². The number of nitrogens with zero attached hydrogens (tertiary/aromatic N) is 2. The Morgan fingerprint density at radius 2 is 2.16 bits per heavy atom. The molecule has 0 bridgehead atoms. The quantitative estimate of drug-likeness (QED) is 0.565. The number of aldehydes is 1. The number of para-hydroxylation sites is 1. The van der Waals surface area contributed by atoms with Crippen molar-refractivity contribution in [1.29, 1.82) is 0 Å². The molecule has 0 aliphatic rings. The second-order valence-electron chi connectivity index (χ2n) is 4.12. The summed E-state index contributed by atoms with van der Waals surface area (Å²) >= 11 is 0. The Morgan fingerprint density at radius 3 is 2.95 bits per heavy atom. The van der Waals surface area contributed by atoms with Gasteiger partial charge in [0.15, 0.2) is 0 Å². The van der Waals surface area contributed by atoms with Crippen LogP contribution in [-0.2, 0) is 11.2 Å². The van der Waals surface area contributed by atoms with E-state index in [0.717, 1.165) is 30.4 Å². The number of rotatable bonds is 7. The summed E-state index contributed by atoms with van der Waals surface area (Å²) in [5, 5.41) is 3.96. The van der Waals surface area contributed by atoms with Gasteiger partial charge in [-0.3, -0.25) is 0 Å². The van der Waals surface area contributed by atoms with Gasteiger partial charge in [-0.2, -0.15) is 4.98 Å². The smallest absolute Gasteiger partial charge is 0.226 e. The highest BCUT2D eigenvalue weighted by Gasteiger charge is 2.12. The third-order valence-electron chi connectivity index (χ3n) is 2.78. The van der Waals surface area contributed by atoms with Crippen LogP contribution in [0, 0.1) is 0 Å². The SMILES string of the molecule is COc1ccccc1-c1noc(CCCCC=O)n1. The number of methoxy groups -OCH3 is 1. The van der Waals surface area contributed by atoms with Crippen LogP contribution in [0.5, 0.6) is 5.75 Å². The number of aromatic nitrogens is 2. The molecule has 0 amide bonds. The highest BCUT2D eigenvalue weighted by molar-refractivity contribution is 5.63. The zero-order chi connectivity index (χ0) is 13.5. The van der Waals surface area contributed by atoms with Gasteiger partial charge in [0.25, 0.3) is 0 Å². The fraction of sp³-hybridized carbons (Fsp3) is 0.357. The molecule has 1 aromatic carbocycles. The number of carbonyl (C=O) groups is 1. The van der Waals surface area contributed by atoms with E-state index in [0.29, 0.717) is 24.6 Å². The molecule has 2 aromatic rings. The Balaban J connectivity index is 2.05. The Labute approximate surface area is 111 Å². The lowest BCUT2D eigenvalue weighted by Crippen LogP contribution is -1.90. The van der Waals surface area contributed by atoms with Gasteiger partial charge in [0.1, 0.15) is 12.0 Å². The summed E-state index contributed by atoms with van der Waals surface area (Å²) in [6.45, 7) is 0. The summed E-state index contributed by atoms with van der Waals surface area (Å²) in [7, 11) is 1.61. The highest BCUT2D eigenvalue weighted by atomic mass is 16.5. The van der Waals surface area contributed by atoms with E-state index in [1.54, 1.807) is 7.11 Å². The number of ether oxygens (including phenoxy) is 1. The first-order valence-corrected chi connectivity index (χ1v) is 6.24. The lowest BCUT2D eigenvalue weighted by atomic mass is 10.2. The second-order valence-corrected chi connectivity index (χ2v) is 4.12. The van der Waals surface area contributed by atoms with E-state index in [-0.39, 0.29) is 0 Å². The zero-order valence-corrected chi connectivity index (χ0v) is 10.8. The van der Waals surface area contributed by atoms with Gasteiger partial charge < -0.3 is 14.1 Å². The molecule has 2 rings (SSSR count). The van der Waals surface area contributed by atoms with Gasteiger partial charge in [0, 0.05) is 12.8 Å². The molecule has 0 aliphatic carbocycles. The summed E-state index contributed by atoms with van der Waals surface area (Å²) in [5.74, 6) is 1.84. The van der Waals surface area contributed by atoms with Crippen LogP contribution in [0.3, 0.4) is 0 Å². The molecular formula is C14H16N2O3. The van der Waals surface area contributed by atoms with E-state index < -0.39 is 0 Å². The van der Waals surface area contributed by atoms with Crippen molar-refractivity contribution in [2.45, 2.75) is 25.7 Å². The first kappa shape index (κ1) is 13.3. The number of unbranched alkanes of at least 4 members (excludes halogenated alkanes) is 2. The third kappa shape index (κ3) is 3.40. The summed E-state index contributed by atoms with van der Waals surface area (Å²) in [5.41, 5.74) is 0.813. The Morgan fingerprint density at radius 1 is 1.32 bits per heavy atom.